The van der Waals surface area contributed by atoms with Crippen LogP contribution in [0.15, 0.2) is 21.2 Å². The first-order valence-corrected chi connectivity index (χ1v) is 4.62. The number of carbonyl (C=O) groups is 2. The summed E-state index contributed by atoms with van der Waals surface area (Å²) in [6.07, 6.45) is -0.215. The van der Waals surface area contributed by atoms with Crippen LogP contribution in [0.5, 0.6) is 0 Å². The van der Waals surface area contributed by atoms with Gasteiger partial charge in [-0.2, -0.15) is 0 Å². The molecule has 0 atom stereocenters. The molecule has 0 fully saturated rings. The zero-order valence-corrected chi connectivity index (χ0v) is 8.67. The van der Waals surface area contributed by atoms with Crippen LogP contribution in [0, 0.1) is 0 Å². The number of nitrogens with one attached hydrogen (secondary N) is 1. The lowest BCUT2D eigenvalue weighted by Gasteiger charge is -2.02. The Kier molecular flexibility index (Phi) is 3.70. The van der Waals surface area contributed by atoms with Gasteiger partial charge in [0.2, 0.25) is 0 Å². The van der Waals surface area contributed by atoms with E-state index in [0.29, 0.717) is 4.67 Å². The molecule has 1 rings (SSSR count). The van der Waals surface area contributed by atoms with Crippen molar-refractivity contribution in [2.75, 3.05) is 6.54 Å². The van der Waals surface area contributed by atoms with Crippen molar-refractivity contribution in [1.82, 2.24) is 5.32 Å². The molecule has 0 bridgehead atoms. The molecule has 6 heteroatoms. The summed E-state index contributed by atoms with van der Waals surface area (Å²) < 4.78 is 5.39. The zero-order valence-electron chi connectivity index (χ0n) is 7.08. The maximum absolute atomic E-state index is 11.2. The van der Waals surface area contributed by atoms with Crippen LogP contribution in [0.25, 0.3) is 0 Å². The van der Waals surface area contributed by atoms with Crippen molar-refractivity contribution in [2.24, 2.45) is 0 Å². The number of amides is 1. The van der Waals surface area contributed by atoms with Crippen molar-refractivity contribution in [2.45, 2.75) is 6.42 Å². The predicted octanol–water partition coefficient (Wildman–Crippen LogP) is -0.0881. The molecule has 0 radical (unpaired) electrons. The Bertz CT molecular complexity index is 347. The average molecular weight is 261 g/mol. The maximum atomic E-state index is 11.2. The van der Waals surface area contributed by atoms with Crippen molar-refractivity contribution < 1.29 is 19.1 Å². The van der Waals surface area contributed by atoms with Crippen LogP contribution in [0.1, 0.15) is 17.0 Å². The van der Waals surface area contributed by atoms with Crippen LogP contribution in [-0.2, 0) is 4.79 Å². The van der Waals surface area contributed by atoms with Gasteiger partial charge in [-0.05, 0) is 28.1 Å². The van der Waals surface area contributed by atoms with Gasteiger partial charge < -0.3 is 19.6 Å². The molecular formula is C8H7BrNO4-. The first-order chi connectivity index (χ1) is 6.59. The van der Waals surface area contributed by atoms with E-state index in [1.54, 1.807) is 6.07 Å². The van der Waals surface area contributed by atoms with E-state index in [4.69, 9.17) is 4.42 Å². The molecule has 1 heterocycles. The van der Waals surface area contributed by atoms with Gasteiger partial charge in [-0.25, -0.2) is 0 Å². The number of furan rings is 1. The molecule has 5 nitrogen and oxygen atoms in total. The molecular weight excluding hydrogens is 254 g/mol. The fraction of sp³-hybridized carbons (Fsp3) is 0.250. The maximum Gasteiger partial charge on any atom is 0.287 e. The van der Waals surface area contributed by atoms with Crippen molar-refractivity contribution in [3.05, 3.63) is 22.6 Å². The third-order valence-electron chi connectivity index (χ3n) is 1.41. The van der Waals surface area contributed by atoms with E-state index in [-0.39, 0.29) is 18.7 Å². The Labute approximate surface area is 88.2 Å². The van der Waals surface area contributed by atoms with Crippen molar-refractivity contribution >= 4 is 27.8 Å². The lowest BCUT2D eigenvalue weighted by Crippen LogP contribution is -2.30. The van der Waals surface area contributed by atoms with Gasteiger partial charge >= 0.3 is 0 Å². The molecule has 1 amide bonds. The minimum absolute atomic E-state index is 0.0273. The number of hydrogen-bond acceptors (Lipinski definition) is 4. The molecule has 0 saturated carbocycles. The first kappa shape index (κ1) is 10.8. The molecule has 0 aromatic carbocycles. The van der Waals surface area contributed by atoms with Crippen LogP contribution in [0.3, 0.4) is 0 Å². The van der Waals surface area contributed by atoms with E-state index in [2.05, 4.69) is 21.2 Å². The lowest BCUT2D eigenvalue weighted by molar-refractivity contribution is -0.305. The second kappa shape index (κ2) is 4.80. The first-order valence-electron chi connectivity index (χ1n) is 3.83. The third-order valence-corrected chi connectivity index (χ3v) is 1.84. The number of halogens is 1. The van der Waals surface area contributed by atoms with Gasteiger partial charge in [0.15, 0.2) is 10.4 Å². The van der Waals surface area contributed by atoms with Gasteiger partial charge in [-0.15, -0.1) is 0 Å². The largest absolute Gasteiger partial charge is 0.550 e. The molecule has 0 unspecified atom stereocenters. The summed E-state index contributed by atoms with van der Waals surface area (Å²) in [4.78, 5) is 21.2. The summed E-state index contributed by atoms with van der Waals surface area (Å²) in [5, 5.41) is 12.4. The molecule has 0 aliphatic heterocycles. The van der Waals surface area contributed by atoms with Gasteiger partial charge in [0.1, 0.15) is 0 Å². The van der Waals surface area contributed by atoms with Crippen molar-refractivity contribution in [3.63, 3.8) is 0 Å². The molecule has 0 aliphatic rings. The normalized spacial score (nSPS) is 9.79. The third kappa shape index (κ3) is 3.21. The Morgan fingerprint density at radius 3 is 2.71 bits per heavy atom. The highest BCUT2D eigenvalue weighted by Gasteiger charge is 2.08. The SMILES string of the molecule is O=C([O-])CCNC(=O)c1ccc(Br)o1. The number of aliphatic carboxylic acids is 1. The Morgan fingerprint density at radius 2 is 2.21 bits per heavy atom. The summed E-state index contributed by atoms with van der Waals surface area (Å²) in [5.41, 5.74) is 0. The lowest BCUT2D eigenvalue weighted by atomic mass is 10.4. The van der Waals surface area contributed by atoms with E-state index in [9.17, 15) is 14.7 Å². The van der Waals surface area contributed by atoms with Gasteiger partial charge in [0, 0.05) is 18.9 Å². The topological polar surface area (TPSA) is 82.4 Å². The van der Waals surface area contributed by atoms with Crippen LogP contribution >= 0.6 is 15.9 Å². The quantitative estimate of drug-likeness (QED) is 0.821. The summed E-state index contributed by atoms with van der Waals surface area (Å²) in [5.74, 6) is -1.52. The minimum Gasteiger partial charge on any atom is -0.550 e. The van der Waals surface area contributed by atoms with E-state index < -0.39 is 11.9 Å². The molecule has 14 heavy (non-hydrogen) atoms. The van der Waals surface area contributed by atoms with Crippen LogP contribution < -0.4 is 10.4 Å². The number of hydrogen-bond donors (Lipinski definition) is 1. The number of carboxylic acid groups (broad SMARTS) is 1. The fourth-order valence-corrected chi connectivity index (χ4v) is 1.11. The molecule has 0 spiro atoms. The highest BCUT2D eigenvalue weighted by Crippen LogP contribution is 2.13. The van der Waals surface area contributed by atoms with Gasteiger partial charge in [-0.1, -0.05) is 0 Å². The number of carboxylic acids is 1. The zero-order chi connectivity index (χ0) is 10.6. The Morgan fingerprint density at radius 1 is 1.50 bits per heavy atom. The van der Waals surface area contributed by atoms with E-state index in [1.165, 1.54) is 6.07 Å². The van der Waals surface area contributed by atoms with E-state index >= 15 is 0 Å². The molecule has 76 valence electrons. The molecule has 1 N–H and O–H groups in total. The fourth-order valence-electron chi connectivity index (χ4n) is 0.802. The van der Waals surface area contributed by atoms with Gasteiger partial charge in [-0.3, -0.25) is 4.79 Å². The Hall–Kier alpha value is -1.30. The monoisotopic (exact) mass is 260 g/mol. The Balaban J connectivity index is 2.39. The summed E-state index contributed by atoms with van der Waals surface area (Å²) in [6.45, 7) is 0.0273. The highest BCUT2D eigenvalue weighted by molar-refractivity contribution is 9.10. The van der Waals surface area contributed by atoms with Crippen LogP contribution in [0.2, 0.25) is 0 Å². The average Bonchev–Trinajstić information content (AvgIpc) is 2.51. The van der Waals surface area contributed by atoms with E-state index in [1.807, 2.05) is 0 Å². The summed E-state index contributed by atoms with van der Waals surface area (Å²) in [6, 6.07) is 3.06. The molecule has 1 aromatic rings. The van der Waals surface area contributed by atoms with Crippen molar-refractivity contribution in [1.29, 1.82) is 0 Å². The van der Waals surface area contributed by atoms with E-state index in [0.717, 1.165) is 0 Å². The summed E-state index contributed by atoms with van der Waals surface area (Å²) in [7, 11) is 0. The smallest absolute Gasteiger partial charge is 0.287 e. The number of carbonyl (C=O) groups excluding carboxylic acids is 2. The van der Waals surface area contributed by atoms with Gasteiger partial charge in [0.25, 0.3) is 5.91 Å². The van der Waals surface area contributed by atoms with Crippen molar-refractivity contribution in [3.8, 4) is 0 Å². The second-order valence-electron chi connectivity index (χ2n) is 2.48. The standard InChI is InChI=1S/C8H8BrNO4/c9-6-2-1-5(14-6)8(13)10-4-3-7(11)12/h1-2H,3-4H2,(H,10,13)(H,11,12)/p-1. The molecule has 1 aromatic heterocycles. The van der Waals surface area contributed by atoms with Crippen LogP contribution in [0.4, 0.5) is 0 Å². The highest BCUT2D eigenvalue weighted by atomic mass is 79.9. The molecule has 0 aliphatic carbocycles. The van der Waals surface area contributed by atoms with Crippen LogP contribution in [-0.4, -0.2) is 18.4 Å². The minimum atomic E-state index is -1.20. The summed E-state index contributed by atoms with van der Waals surface area (Å²) >= 11 is 3.04. The second-order valence-corrected chi connectivity index (χ2v) is 3.26. The number of rotatable bonds is 4. The molecule has 0 saturated heterocycles. The van der Waals surface area contributed by atoms with Gasteiger partial charge in [0.05, 0.1) is 0 Å². The predicted molar refractivity (Wildman–Crippen MR) is 48.4 cm³/mol.